The van der Waals surface area contributed by atoms with Gasteiger partial charge in [-0.25, -0.2) is 5.01 Å². The molecule has 110 valence electrons. The number of hydrazine groups is 1. The van der Waals surface area contributed by atoms with E-state index in [9.17, 15) is 4.79 Å². The van der Waals surface area contributed by atoms with Gasteiger partial charge in [-0.2, -0.15) is 0 Å². The SMILES string of the molecule is CC1CCCC(C)N1NC(=O)c1ccccc1CCN. The Balaban J connectivity index is 2.11. The molecule has 20 heavy (non-hydrogen) atoms. The average Bonchev–Trinajstić information content (AvgIpc) is 2.44. The number of nitrogens with two attached hydrogens (primary N) is 1. The summed E-state index contributed by atoms with van der Waals surface area (Å²) in [6, 6.07) is 8.49. The van der Waals surface area contributed by atoms with Crippen LogP contribution in [0.2, 0.25) is 0 Å². The third-order valence-corrected chi connectivity index (χ3v) is 4.10. The number of piperidine rings is 1. The lowest BCUT2D eigenvalue weighted by molar-refractivity contribution is 0.0369. The zero-order valence-corrected chi connectivity index (χ0v) is 12.4. The third kappa shape index (κ3) is 3.38. The van der Waals surface area contributed by atoms with Gasteiger partial charge in [0.2, 0.25) is 0 Å². The van der Waals surface area contributed by atoms with Crippen LogP contribution in [0.25, 0.3) is 0 Å². The van der Waals surface area contributed by atoms with Crippen molar-refractivity contribution in [2.24, 2.45) is 5.73 Å². The molecule has 0 saturated carbocycles. The molecule has 1 aliphatic heterocycles. The van der Waals surface area contributed by atoms with Crippen molar-refractivity contribution < 1.29 is 4.79 Å². The second-order valence-corrected chi connectivity index (χ2v) is 5.67. The van der Waals surface area contributed by atoms with Crippen molar-refractivity contribution in [3.05, 3.63) is 35.4 Å². The highest BCUT2D eigenvalue weighted by Crippen LogP contribution is 2.21. The summed E-state index contributed by atoms with van der Waals surface area (Å²) in [7, 11) is 0. The summed E-state index contributed by atoms with van der Waals surface area (Å²) < 4.78 is 0. The van der Waals surface area contributed by atoms with Crippen LogP contribution < -0.4 is 11.2 Å². The fourth-order valence-corrected chi connectivity index (χ4v) is 2.93. The predicted octanol–water partition coefficient (Wildman–Crippen LogP) is 2.10. The van der Waals surface area contributed by atoms with Gasteiger partial charge in [-0.05, 0) is 51.3 Å². The highest BCUT2D eigenvalue weighted by molar-refractivity contribution is 5.95. The maximum Gasteiger partial charge on any atom is 0.265 e. The second-order valence-electron chi connectivity index (χ2n) is 5.67. The first kappa shape index (κ1) is 15.0. The molecule has 2 atom stereocenters. The molecule has 1 aromatic rings. The van der Waals surface area contributed by atoms with Crippen LogP contribution in [-0.4, -0.2) is 29.5 Å². The normalized spacial score (nSPS) is 23.6. The number of rotatable bonds is 4. The Morgan fingerprint density at radius 3 is 2.60 bits per heavy atom. The molecule has 0 spiro atoms. The van der Waals surface area contributed by atoms with Crippen molar-refractivity contribution in [2.75, 3.05) is 6.54 Å². The first-order valence-electron chi connectivity index (χ1n) is 7.50. The van der Waals surface area contributed by atoms with Crippen LogP contribution in [-0.2, 0) is 6.42 Å². The van der Waals surface area contributed by atoms with Crippen molar-refractivity contribution >= 4 is 5.91 Å². The van der Waals surface area contributed by atoms with Crippen LogP contribution >= 0.6 is 0 Å². The Hall–Kier alpha value is -1.39. The lowest BCUT2D eigenvalue weighted by Crippen LogP contribution is -2.54. The Kier molecular flexibility index (Phi) is 5.15. The number of hydrogen-bond acceptors (Lipinski definition) is 3. The van der Waals surface area contributed by atoms with Gasteiger partial charge in [0.25, 0.3) is 5.91 Å². The lowest BCUT2D eigenvalue weighted by atomic mass is 9.99. The van der Waals surface area contributed by atoms with E-state index in [0.29, 0.717) is 18.6 Å². The van der Waals surface area contributed by atoms with Crippen molar-refractivity contribution in [1.29, 1.82) is 0 Å². The maximum absolute atomic E-state index is 12.5. The largest absolute Gasteiger partial charge is 0.330 e. The van der Waals surface area contributed by atoms with Gasteiger partial charge in [0.1, 0.15) is 0 Å². The average molecular weight is 275 g/mol. The van der Waals surface area contributed by atoms with Gasteiger partial charge in [0, 0.05) is 17.6 Å². The minimum atomic E-state index is -0.0188. The minimum Gasteiger partial charge on any atom is -0.330 e. The monoisotopic (exact) mass is 275 g/mol. The summed E-state index contributed by atoms with van der Waals surface area (Å²) in [4.78, 5) is 12.5. The molecule has 0 aromatic heterocycles. The number of nitrogens with zero attached hydrogens (tertiary/aromatic N) is 1. The minimum absolute atomic E-state index is 0.0188. The standard InChI is InChI=1S/C16H25N3O/c1-12-6-5-7-13(2)19(12)18-16(20)15-9-4-3-8-14(15)10-11-17/h3-4,8-9,12-13H,5-7,10-11,17H2,1-2H3,(H,18,20). The Bertz CT molecular complexity index is 451. The van der Waals surface area contributed by atoms with E-state index in [1.165, 1.54) is 6.42 Å². The molecule has 1 aliphatic rings. The highest BCUT2D eigenvalue weighted by Gasteiger charge is 2.26. The highest BCUT2D eigenvalue weighted by atomic mass is 16.2. The van der Waals surface area contributed by atoms with Crippen molar-refractivity contribution in [1.82, 2.24) is 10.4 Å². The van der Waals surface area contributed by atoms with E-state index in [0.717, 1.165) is 30.4 Å². The van der Waals surface area contributed by atoms with E-state index in [1.54, 1.807) is 0 Å². The summed E-state index contributed by atoms with van der Waals surface area (Å²) in [5.74, 6) is -0.0188. The molecule has 1 amide bonds. The molecule has 2 rings (SSSR count). The first-order chi connectivity index (χ1) is 9.63. The predicted molar refractivity (Wildman–Crippen MR) is 81.3 cm³/mol. The van der Waals surface area contributed by atoms with E-state index < -0.39 is 0 Å². The molecule has 1 heterocycles. The van der Waals surface area contributed by atoms with Crippen LogP contribution in [0.1, 0.15) is 49.0 Å². The van der Waals surface area contributed by atoms with Gasteiger partial charge in [0.05, 0.1) is 0 Å². The molecule has 1 fully saturated rings. The smallest absolute Gasteiger partial charge is 0.265 e. The molecule has 4 nitrogen and oxygen atoms in total. The van der Waals surface area contributed by atoms with E-state index >= 15 is 0 Å². The topological polar surface area (TPSA) is 58.4 Å². The summed E-state index contributed by atoms with van der Waals surface area (Å²) in [5.41, 5.74) is 10.5. The molecular weight excluding hydrogens is 250 g/mol. The van der Waals surface area contributed by atoms with E-state index in [4.69, 9.17) is 5.73 Å². The molecule has 2 unspecified atom stereocenters. The van der Waals surface area contributed by atoms with Gasteiger partial charge >= 0.3 is 0 Å². The van der Waals surface area contributed by atoms with Gasteiger partial charge in [0.15, 0.2) is 0 Å². The molecule has 1 aromatic carbocycles. The number of hydrogen-bond donors (Lipinski definition) is 2. The number of carbonyl (C=O) groups is 1. The first-order valence-corrected chi connectivity index (χ1v) is 7.50. The third-order valence-electron chi connectivity index (χ3n) is 4.10. The number of nitrogens with one attached hydrogen (secondary N) is 1. The molecule has 1 saturated heterocycles. The lowest BCUT2D eigenvalue weighted by Gasteiger charge is -2.38. The van der Waals surface area contributed by atoms with Crippen molar-refractivity contribution in [3.8, 4) is 0 Å². The second kappa shape index (κ2) is 6.86. The zero-order valence-electron chi connectivity index (χ0n) is 12.4. The van der Waals surface area contributed by atoms with Crippen LogP contribution in [0, 0.1) is 0 Å². The van der Waals surface area contributed by atoms with E-state index in [2.05, 4.69) is 24.3 Å². The Labute approximate surface area is 121 Å². The van der Waals surface area contributed by atoms with E-state index in [-0.39, 0.29) is 5.91 Å². The van der Waals surface area contributed by atoms with Crippen LogP contribution in [0.4, 0.5) is 0 Å². The summed E-state index contributed by atoms with van der Waals surface area (Å²) in [6.07, 6.45) is 4.23. The van der Waals surface area contributed by atoms with Crippen LogP contribution in [0.15, 0.2) is 24.3 Å². The van der Waals surface area contributed by atoms with Gasteiger partial charge in [-0.1, -0.05) is 24.6 Å². The summed E-state index contributed by atoms with van der Waals surface area (Å²) >= 11 is 0. The molecule has 4 heteroatoms. The maximum atomic E-state index is 12.5. The van der Waals surface area contributed by atoms with Gasteiger partial charge < -0.3 is 5.73 Å². The summed E-state index contributed by atoms with van der Waals surface area (Å²) in [6.45, 7) is 4.89. The number of benzene rings is 1. The fraction of sp³-hybridized carbons (Fsp3) is 0.562. The van der Waals surface area contributed by atoms with E-state index in [1.807, 2.05) is 24.3 Å². The molecular formula is C16H25N3O. The van der Waals surface area contributed by atoms with Crippen LogP contribution in [0.3, 0.4) is 0 Å². The number of carbonyl (C=O) groups excluding carboxylic acids is 1. The zero-order chi connectivity index (χ0) is 14.5. The number of amides is 1. The van der Waals surface area contributed by atoms with Gasteiger partial charge in [-0.15, -0.1) is 0 Å². The quantitative estimate of drug-likeness (QED) is 0.884. The molecule has 0 aliphatic carbocycles. The summed E-state index contributed by atoms with van der Waals surface area (Å²) in [5, 5.41) is 2.10. The fourth-order valence-electron chi connectivity index (χ4n) is 2.93. The molecule has 0 bridgehead atoms. The Morgan fingerprint density at radius 1 is 1.30 bits per heavy atom. The molecule has 0 radical (unpaired) electrons. The van der Waals surface area contributed by atoms with Crippen molar-refractivity contribution in [2.45, 2.75) is 51.6 Å². The van der Waals surface area contributed by atoms with Crippen LogP contribution in [0.5, 0.6) is 0 Å². The molecule has 3 N–H and O–H groups in total. The Morgan fingerprint density at radius 2 is 1.95 bits per heavy atom. The van der Waals surface area contributed by atoms with Gasteiger partial charge in [-0.3, -0.25) is 10.2 Å². The van der Waals surface area contributed by atoms with Crippen molar-refractivity contribution in [3.63, 3.8) is 0 Å².